The summed E-state index contributed by atoms with van der Waals surface area (Å²) in [6.45, 7) is 5.91. The summed E-state index contributed by atoms with van der Waals surface area (Å²) >= 11 is 0. The van der Waals surface area contributed by atoms with E-state index in [9.17, 15) is 28.4 Å². The first-order valence-corrected chi connectivity index (χ1v) is 11.3. The molecule has 0 rings (SSSR count). The molecule has 10 heteroatoms. The fraction of sp³-hybridized carbons (Fsp3) is 1.00. The van der Waals surface area contributed by atoms with E-state index in [-0.39, 0.29) is 17.4 Å². The Morgan fingerprint density at radius 2 is 0.773 bits per heavy atom. The summed E-state index contributed by atoms with van der Waals surface area (Å²) in [7, 11) is -6.32. The molecule has 0 heterocycles. The molecule has 3 unspecified atom stereocenters. The van der Waals surface area contributed by atoms with E-state index in [2.05, 4.69) is 0 Å². The van der Waals surface area contributed by atoms with Crippen LogP contribution in [0.15, 0.2) is 0 Å². The molecular formula is C12H27AlO6P3+3. The minimum Gasteiger partial charge on any atom is -0.596 e. The molecule has 0 aliphatic heterocycles. The molecule has 22 heavy (non-hydrogen) atoms. The van der Waals surface area contributed by atoms with Gasteiger partial charge in [-0.25, -0.2) is 0 Å². The van der Waals surface area contributed by atoms with Crippen molar-refractivity contribution >= 4 is 41.4 Å². The van der Waals surface area contributed by atoms with E-state index in [1.165, 1.54) is 0 Å². The maximum Gasteiger partial charge on any atom is 3.00 e. The average Bonchev–Trinajstić information content (AvgIpc) is 2.41. The second-order valence-corrected chi connectivity index (χ2v) is 7.57. The van der Waals surface area contributed by atoms with Gasteiger partial charge in [-0.3, -0.25) is 0 Å². The predicted octanol–water partition coefficient (Wildman–Crippen LogP) is 2.29. The first-order chi connectivity index (χ1) is 9.81. The summed E-state index contributed by atoms with van der Waals surface area (Å²) in [5, 5.41) is 0. The van der Waals surface area contributed by atoms with Crippen molar-refractivity contribution in [3.8, 4) is 0 Å². The molecule has 0 aliphatic rings. The van der Waals surface area contributed by atoms with Gasteiger partial charge in [0.2, 0.25) is 0 Å². The van der Waals surface area contributed by atoms with Crippen molar-refractivity contribution in [1.29, 1.82) is 0 Å². The Bertz CT molecular complexity index is 237. The summed E-state index contributed by atoms with van der Waals surface area (Å²) in [6, 6.07) is 0. The van der Waals surface area contributed by atoms with Crippen LogP contribution in [0.25, 0.3) is 0 Å². The Balaban J connectivity index is -0.000000108. The third kappa shape index (κ3) is 49.8. The normalized spacial score (nSPS) is 10.9. The Morgan fingerprint density at radius 3 is 0.818 bits per heavy atom. The summed E-state index contributed by atoms with van der Waals surface area (Å²) in [4.78, 5) is 29.4. The van der Waals surface area contributed by atoms with Crippen LogP contribution in [-0.2, 0) is 13.7 Å². The summed E-state index contributed by atoms with van der Waals surface area (Å²) in [5.41, 5.74) is 0. The van der Waals surface area contributed by atoms with Crippen LogP contribution in [-0.4, -0.2) is 35.8 Å². The van der Waals surface area contributed by atoms with Gasteiger partial charge in [-0.15, -0.1) is 0 Å². The van der Waals surface area contributed by atoms with Gasteiger partial charge in [-0.1, -0.05) is 53.7 Å². The smallest absolute Gasteiger partial charge is 0.596 e. The van der Waals surface area contributed by atoms with Gasteiger partial charge in [0.05, 0.1) is 0 Å². The van der Waals surface area contributed by atoms with E-state index >= 15 is 0 Å². The maximum absolute atomic E-state index is 9.80. The van der Waals surface area contributed by atoms with E-state index < -0.39 is 24.1 Å². The van der Waals surface area contributed by atoms with Crippen LogP contribution in [0.3, 0.4) is 0 Å². The zero-order valence-electron chi connectivity index (χ0n) is 13.7. The summed E-state index contributed by atoms with van der Waals surface area (Å²) < 4.78 is 29.4. The zero-order valence-corrected chi connectivity index (χ0v) is 17.6. The van der Waals surface area contributed by atoms with Crippen LogP contribution in [0.2, 0.25) is 0 Å². The van der Waals surface area contributed by atoms with Crippen LogP contribution >= 0.6 is 24.1 Å². The second kappa shape index (κ2) is 26.6. The van der Waals surface area contributed by atoms with Gasteiger partial charge in [0, 0.05) is 0 Å². The average molecular weight is 387 g/mol. The summed E-state index contributed by atoms with van der Waals surface area (Å²) in [5.74, 6) is 0. The Labute approximate surface area is 147 Å². The van der Waals surface area contributed by atoms with Crippen molar-refractivity contribution in [2.24, 2.45) is 0 Å². The quantitative estimate of drug-likeness (QED) is 0.442. The fourth-order valence-corrected chi connectivity index (χ4v) is 2.58. The molecule has 0 saturated carbocycles. The van der Waals surface area contributed by atoms with E-state index in [4.69, 9.17) is 0 Å². The van der Waals surface area contributed by atoms with Crippen molar-refractivity contribution in [2.75, 3.05) is 18.5 Å². The Morgan fingerprint density at radius 1 is 0.591 bits per heavy atom. The zero-order chi connectivity index (χ0) is 17.1. The maximum atomic E-state index is 9.80. The van der Waals surface area contributed by atoms with Crippen LogP contribution in [0.1, 0.15) is 59.3 Å². The minimum absolute atomic E-state index is 0. The van der Waals surface area contributed by atoms with Gasteiger partial charge in [-0.2, -0.15) is 0 Å². The molecule has 0 bridgehead atoms. The standard InChI is InChI=1S/3C4H9O2P.Al/c3*1-2-3-4-7(5)6;/h3*2-4H2,1H3;/q;;;+3. The van der Waals surface area contributed by atoms with Crippen molar-refractivity contribution in [1.82, 2.24) is 0 Å². The minimum atomic E-state index is -2.11. The van der Waals surface area contributed by atoms with Crippen LogP contribution in [0.5, 0.6) is 0 Å². The van der Waals surface area contributed by atoms with Crippen molar-refractivity contribution in [3.05, 3.63) is 0 Å². The van der Waals surface area contributed by atoms with E-state index in [0.717, 1.165) is 38.5 Å². The molecule has 0 saturated heterocycles. The topological polar surface area (TPSA) is 120 Å². The van der Waals surface area contributed by atoms with Gasteiger partial charge in [0.15, 0.2) is 0 Å². The predicted molar refractivity (Wildman–Crippen MR) is 87.9 cm³/mol. The largest absolute Gasteiger partial charge is 3.00 e. The molecule has 0 N–H and O–H groups in total. The second-order valence-electron chi connectivity index (χ2n) is 4.23. The molecule has 0 aromatic heterocycles. The Hall–Kier alpha value is 0.712. The first-order valence-electron chi connectivity index (χ1n) is 7.17. The molecule has 0 radical (unpaired) electrons. The van der Waals surface area contributed by atoms with E-state index in [1.807, 2.05) is 20.8 Å². The van der Waals surface area contributed by atoms with Gasteiger partial charge >= 0.3 is 41.4 Å². The van der Waals surface area contributed by atoms with Gasteiger partial charge in [0.1, 0.15) is 18.5 Å². The molecule has 0 aliphatic carbocycles. The van der Waals surface area contributed by atoms with Gasteiger partial charge < -0.3 is 14.7 Å². The molecule has 0 aromatic carbocycles. The van der Waals surface area contributed by atoms with Crippen LogP contribution in [0.4, 0.5) is 0 Å². The molecule has 0 fully saturated rings. The Kier molecular flexibility index (Phi) is 37.0. The molecule has 126 valence electrons. The molecule has 3 atom stereocenters. The molecule has 0 spiro atoms. The van der Waals surface area contributed by atoms with E-state index in [0.29, 0.717) is 18.5 Å². The number of rotatable bonds is 9. The van der Waals surface area contributed by atoms with E-state index in [1.54, 1.807) is 0 Å². The molecule has 0 aromatic rings. The number of hydrogen-bond donors (Lipinski definition) is 0. The number of unbranched alkanes of at least 4 members (excludes halogenated alkanes) is 3. The van der Waals surface area contributed by atoms with Crippen LogP contribution in [0, 0.1) is 0 Å². The molecule has 6 nitrogen and oxygen atoms in total. The van der Waals surface area contributed by atoms with Crippen molar-refractivity contribution < 1.29 is 28.4 Å². The third-order valence-corrected chi connectivity index (χ3v) is 4.13. The first kappa shape index (κ1) is 30.6. The molecule has 0 amide bonds. The molecular weight excluding hydrogens is 360 g/mol. The monoisotopic (exact) mass is 387 g/mol. The van der Waals surface area contributed by atoms with Crippen LogP contribution < -0.4 is 14.7 Å². The van der Waals surface area contributed by atoms with Crippen molar-refractivity contribution in [2.45, 2.75) is 59.3 Å². The van der Waals surface area contributed by atoms with Gasteiger partial charge in [0.25, 0.3) is 0 Å². The third-order valence-electron chi connectivity index (χ3n) is 2.08. The van der Waals surface area contributed by atoms with Gasteiger partial charge in [-0.05, 0) is 19.3 Å². The summed E-state index contributed by atoms with van der Waals surface area (Å²) in [6.07, 6.45) is 6.36. The van der Waals surface area contributed by atoms with Crippen molar-refractivity contribution in [3.63, 3.8) is 0 Å². The fourth-order valence-electron chi connectivity index (χ4n) is 0.862. The SMILES string of the molecule is CCCC[P+](=O)[O-].CCCC[P+](=O)[O-].CCCC[P+](=O)[O-].[Al+3]. The number of hydrogen-bond acceptors (Lipinski definition) is 6.